The molecule has 1 aromatic heterocycles. The average Bonchev–Trinajstić information content (AvgIpc) is 3.09. The van der Waals surface area contributed by atoms with Crippen molar-refractivity contribution in [3.8, 4) is 0 Å². The Bertz CT molecular complexity index is 890. The molecule has 10 heteroatoms. The molecule has 2 aliphatic heterocycles. The number of hydrogen-bond donors (Lipinski definition) is 2. The molecule has 0 spiro atoms. The first-order valence-electron chi connectivity index (χ1n) is 8.55. The normalized spacial score (nSPS) is 17.5. The van der Waals surface area contributed by atoms with Crippen molar-refractivity contribution in [1.82, 2.24) is 15.3 Å². The molecule has 0 fully saturated rings. The smallest absolute Gasteiger partial charge is 0.356 e. The van der Waals surface area contributed by atoms with Crippen LogP contribution in [0.5, 0.6) is 0 Å². The molecule has 0 saturated heterocycles. The number of carbonyl (C=O) groups is 1. The molecule has 146 valence electrons. The van der Waals surface area contributed by atoms with Gasteiger partial charge in [0.1, 0.15) is 35.3 Å². The third-order valence-corrected chi connectivity index (χ3v) is 4.35. The minimum Gasteiger partial charge on any atom is -0.356 e. The SMILES string of the molecule is CCC(C)(Nc1ccnc(C2=C3C=CC=N[C+]3N=C2)n1)C(=O)NCC(F)(F)F. The first-order valence-corrected chi connectivity index (χ1v) is 8.55. The standard InChI is InChI=1S/C18H17F3N6O/c1-3-17(2,16(28)25-10-18(19,20)21)27-13-6-8-23-15(26-13)12-9-24-14-11(12)5-4-7-22-14/h4-9H,3,10H2,1-2H3,(H-,23,25,26,27,28)/p+1. The van der Waals surface area contributed by atoms with Gasteiger partial charge in [-0.3, -0.25) is 4.79 Å². The maximum atomic E-state index is 12.4. The van der Waals surface area contributed by atoms with E-state index in [2.05, 4.69) is 25.3 Å². The number of aliphatic imine (C=N–C) groups is 2. The molecule has 1 atom stereocenters. The van der Waals surface area contributed by atoms with Gasteiger partial charge in [-0.2, -0.15) is 18.2 Å². The van der Waals surface area contributed by atoms with Gasteiger partial charge in [0.25, 0.3) is 0 Å². The molecule has 2 N–H and O–H groups in total. The van der Waals surface area contributed by atoms with Gasteiger partial charge < -0.3 is 10.6 Å². The van der Waals surface area contributed by atoms with Gasteiger partial charge in [0.15, 0.2) is 0 Å². The highest BCUT2D eigenvalue weighted by molar-refractivity contribution is 6.14. The van der Waals surface area contributed by atoms with E-state index in [1.54, 1.807) is 31.5 Å². The van der Waals surface area contributed by atoms with E-state index in [9.17, 15) is 18.0 Å². The van der Waals surface area contributed by atoms with E-state index in [0.29, 0.717) is 23.4 Å². The van der Waals surface area contributed by atoms with E-state index in [4.69, 9.17) is 0 Å². The molecule has 0 aliphatic carbocycles. The molecule has 3 heterocycles. The summed E-state index contributed by atoms with van der Waals surface area (Å²) in [5, 5.41) is 4.84. The molecule has 28 heavy (non-hydrogen) atoms. The number of dihydropyridines is 1. The Morgan fingerprint density at radius 3 is 2.79 bits per heavy atom. The third-order valence-electron chi connectivity index (χ3n) is 4.35. The second kappa shape index (κ2) is 7.45. The lowest BCUT2D eigenvalue weighted by molar-refractivity contribution is -0.140. The summed E-state index contributed by atoms with van der Waals surface area (Å²) in [5.41, 5.74) is 0.178. The van der Waals surface area contributed by atoms with Crippen LogP contribution in [0.4, 0.5) is 19.0 Å². The predicted molar refractivity (Wildman–Crippen MR) is 99.7 cm³/mol. The van der Waals surface area contributed by atoms with Crippen molar-refractivity contribution in [2.24, 2.45) is 9.98 Å². The summed E-state index contributed by atoms with van der Waals surface area (Å²) in [5.74, 6) is -0.0819. The summed E-state index contributed by atoms with van der Waals surface area (Å²) in [7, 11) is 0. The quantitative estimate of drug-likeness (QED) is 0.730. The number of nitrogens with zero attached hydrogens (tertiary/aromatic N) is 4. The van der Waals surface area contributed by atoms with Crippen LogP contribution < -0.4 is 10.6 Å². The largest absolute Gasteiger partial charge is 0.405 e. The fraction of sp³-hybridized carbons (Fsp3) is 0.333. The van der Waals surface area contributed by atoms with E-state index < -0.39 is 24.2 Å². The van der Waals surface area contributed by atoms with Crippen LogP contribution in [-0.4, -0.2) is 46.6 Å². The van der Waals surface area contributed by atoms with Gasteiger partial charge in [-0.05, 0) is 19.4 Å². The lowest BCUT2D eigenvalue weighted by Gasteiger charge is -2.29. The Morgan fingerprint density at radius 1 is 1.29 bits per heavy atom. The highest BCUT2D eigenvalue weighted by Gasteiger charge is 2.36. The molecule has 0 saturated carbocycles. The van der Waals surface area contributed by atoms with Gasteiger partial charge >= 0.3 is 6.18 Å². The van der Waals surface area contributed by atoms with Crippen molar-refractivity contribution in [3.05, 3.63) is 42.0 Å². The van der Waals surface area contributed by atoms with Crippen LogP contribution in [0, 0.1) is 6.17 Å². The number of rotatable bonds is 6. The lowest BCUT2D eigenvalue weighted by atomic mass is 9.97. The van der Waals surface area contributed by atoms with Crippen LogP contribution >= 0.6 is 0 Å². The van der Waals surface area contributed by atoms with Crippen molar-refractivity contribution >= 4 is 29.7 Å². The molecule has 0 radical (unpaired) electrons. The maximum Gasteiger partial charge on any atom is 0.405 e. The zero-order valence-electron chi connectivity index (χ0n) is 15.2. The van der Waals surface area contributed by atoms with Gasteiger partial charge in [0.05, 0.1) is 6.21 Å². The third kappa shape index (κ3) is 4.21. The number of halogens is 3. The molecule has 3 rings (SSSR count). The van der Waals surface area contributed by atoms with E-state index >= 15 is 0 Å². The number of carbonyl (C=O) groups excluding carboxylic acids is 1. The molecule has 2 aliphatic rings. The summed E-state index contributed by atoms with van der Waals surface area (Å²) in [4.78, 5) is 29.3. The number of hydrogen-bond acceptors (Lipinski definition) is 6. The van der Waals surface area contributed by atoms with Gasteiger partial charge in [-0.15, -0.1) is 4.99 Å². The number of alkyl halides is 3. The van der Waals surface area contributed by atoms with Crippen molar-refractivity contribution in [2.45, 2.75) is 32.0 Å². The Balaban J connectivity index is 1.80. The van der Waals surface area contributed by atoms with E-state index in [-0.39, 0.29) is 6.42 Å². The van der Waals surface area contributed by atoms with E-state index in [1.165, 1.54) is 13.1 Å². The maximum absolute atomic E-state index is 12.4. The van der Waals surface area contributed by atoms with E-state index in [1.807, 2.05) is 11.4 Å². The first kappa shape index (κ1) is 19.6. The molecule has 0 bridgehead atoms. The minimum atomic E-state index is -4.48. The van der Waals surface area contributed by atoms with Gasteiger partial charge in [-0.25, -0.2) is 9.97 Å². The summed E-state index contributed by atoms with van der Waals surface area (Å²) in [6.45, 7) is 1.82. The van der Waals surface area contributed by atoms with Crippen molar-refractivity contribution in [1.29, 1.82) is 0 Å². The summed E-state index contributed by atoms with van der Waals surface area (Å²) < 4.78 is 37.2. The second-order valence-electron chi connectivity index (χ2n) is 6.42. The van der Waals surface area contributed by atoms with Crippen LogP contribution in [0.1, 0.15) is 26.1 Å². The van der Waals surface area contributed by atoms with Crippen molar-refractivity contribution in [2.75, 3.05) is 11.9 Å². The Kier molecular flexibility index (Phi) is 5.21. The predicted octanol–water partition coefficient (Wildman–Crippen LogP) is 2.70. The van der Waals surface area contributed by atoms with Crippen molar-refractivity contribution < 1.29 is 18.0 Å². The summed E-state index contributed by atoms with van der Waals surface area (Å²) in [6, 6.07) is 1.55. The van der Waals surface area contributed by atoms with Crippen LogP contribution in [0.15, 0.2) is 40.0 Å². The number of allylic oxidation sites excluding steroid dienone is 2. The zero-order valence-corrected chi connectivity index (χ0v) is 15.2. The number of amides is 1. The summed E-state index contributed by atoms with van der Waals surface area (Å²) >= 11 is 0. The number of anilines is 1. The number of nitrogens with one attached hydrogen (secondary N) is 2. The van der Waals surface area contributed by atoms with Gasteiger partial charge in [0, 0.05) is 18.3 Å². The highest BCUT2D eigenvalue weighted by atomic mass is 19.4. The van der Waals surface area contributed by atoms with Crippen molar-refractivity contribution in [3.63, 3.8) is 0 Å². The molecule has 0 aromatic carbocycles. The molecule has 1 unspecified atom stereocenters. The molecular formula is C18H18F3N6O+. The summed E-state index contributed by atoms with van der Waals surface area (Å²) in [6.07, 6.45) is 4.68. The Hall–Kier alpha value is -3.17. The van der Waals surface area contributed by atoms with E-state index in [0.717, 1.165) is 5.57 Å². The van der Waals surface area contributed by atoms with Crippen LogP contribution in [0.25, 0.3) is 5.57 Å². The second-order valence-corrected chi connectivity index (χ2v) is 6.42. The average molecular weight is 391 g/mol. The topological polar surface area (TPSA) is 91.6 Å². The highest BCUT2D eigenvalue weighted by Crippen LogP contribution is 2.33. The fourth-order valence-corrected chi connectivity index (χ4v) is 2.61. The van der Waals surface area contributed by atoms with Crippen LogP contribution in [-0.2, 0) is 4.79 Å². The Morgan fingerprint density at radius 2 is 2.07 bits per heavy atom. The monoisotopic (exact) mass is 391 g/mol. The molecular weight excluding hydrogens is 373 g/mol. The van der Waals surface area contributed by atoms with Gasteiger partial charge in [0.2, 0.25) is 17.9 Å². The first-order chi connectivity index (χ1) is 13.2. The molecule has 1 amide bonds. The van der Waals surface area contributed by atoms with Gasteiger partial charge in [-0.1, -0.05) is 6.92 Å². The van der Waals surface area contributed by atoms with Crippen LogP contribution in [0.3, 0.4) is 0 Å². The molecule has 7 nitrogen and oxygen atoms in total. The number of aromatic nitrogens is 2. The number of fused-ring (bicyclic) bond motifs is 1. The Labute approximate surface area is 159 Å². The zero-order chi connectivity index (χ0) is 20.4. The fourth-order valence-electron chi connectivity index (χ4n) is 2.61. The molecule has 1 aromatic rings. The lowest BCUT2D eigenvalue weighted by Crippen LogP contribution is -2.52. The van der Waals surface area contributed by atoms with Crippen LogP contribution in [0.2, 0.25) is 0 Å². The minimum absolute atomic E-state index is 0.251.